The van der Waals surface area contributed by atoms with Crippen LogP contribution < -0.4 is 10.6 Å². The molecule has 2 N–H and O–H groups in total. The molecule has 0 aromatic heterocycles. The summed E-state index contributed by atoms with van der Waals surface area (Å²) < 4.78 is 0. The molecule has 1 aromatic carbocycles. The Bertz CT molecular complexity index is 566. The van der Waals surface area contributed by atoms with Gasteiger partial charge < -0.3 is 15.5 Å². The number of hydrogen-bond acceptors (Lipinski definition) is 3. The van der Waals surface area contributed by atoms with E-state index in [1.807, 2.05) is 17.0 Å². The van der Waals surface area contributed by atoms with E-state index < -0.39 is 0 Å². The van der Waals surface area contributed by atoms with Crippen molar-refractivity contribution in [3.05, 3.63) is 24.3 Å². The summed E-state index contributed by atoms with van der Waals surface area (Å²) in [6, 6.07) is 7.11. The van der Waals surface area contributed by atoms with E-state index in [0.717, 1.165) is 32.7 Å². The summed E-state index contributed by atoms with van der Waals surface area (Å²) in [5, 5.41) is 5.62. The van der Waals surface area contributed by atoms with Crippen LogP contribution in [-0.4, -0.2) is 54.5 Å². The molecule has 0 radical (unpaired) electrons. The predicted octanol–water partition coefficient (Wildman–Crippen LogP) is 2.84. The Hall–Kier alpha value is -2.08. The summed E-state index contributed by atoms with van der Waals surface area (Å²) in [6.45, 7) is 10.4. The zero-order valence-corrected chi connectivity index (χ0v) is 14.8. The van der Waals surface area contributed by atoms with Crippen molar-refractivity contribution in [3.63, 3.8) is 0 Å². The molecule has 3 amide bonds. The zero-order valence-electron chi connectivity index (χ0n) is 14.8. The molecule has 1 saturated heterocycles. The largest absolute Gasteiger partial charge is 0.326 e. The van der Waals surface area contributed by atoms with E-state index in [1.165, 1.54) is 13.3 Å². The Morgan fingerprint density at radius 2 is 1.71 bits per heavy atom. The lowest BCUT2D eigenvalue weighted by molar-refractivity contribution is -0.114. The van der Waals surface area contributed by atoms with Crippen LogP contribution >= 0.6 is 0 Å². The minimum absolute atomic E-state index is 0.0847. The lowest BCUT2D eigenvalue weighted by atomic mass is 10.1. The average Bonchev–Trinajstić information content (AvgIpc) is 2.53. The number of anilines is 2. The molecule has 0 spiro atoms. The molecule has 6 nitrogen and oxygen atoms in total. The highest BCUT2D eigenvalue weighted by Gasteiger charge is 2.21. The fourth-order valence-corrected chi connectivity index (χ4v) is 2.70. The number of carbonyl (C=O) groups is 2. The van der Waals surface area contributed by atoms with Crippen LogP contribution in [0.4, 0.5) is 16.2 Å². The molecule has 0 unspecified atom stereocenters. The number of hydrogen-bond donors (Lipinski definition) is 2. The first-order valence-corrected chi connectivity index (χ1v) is 8.60. The minimum atomic E-state index is -0.129. The number of urea groups is 1. The first kappa shape index (κ1) is 18.3. The van der Waals surface area contributed by atoms with Crippen LogP contribution in [0, 0.1) is 5.92 Å². The highest BCUT2D eigenvalue weighted by molar-refractivity contribution is 5.92. The van der Waals surface area contributed by atoms with Crippen LogP contribution in [0.15, 0.2) is 24.3 Å². The van der Waals surface area contributed by atoms with Gasteiger partial charge in [0.25, 0.3) is 0 Å². The van der Waals surface area contributed by atoms with E-state index in [0.29, 0.717) is 17.3 Å². The molecule has 1 heterocycles. The first-order chi connectivity index (χ1) is 11.4. The standard InChI is InChI=1S/C18H28N4O2/c1-14(2)7-8-21-9-11-22(12-10-21)18(24)20-17-6-4-5-16(13-17)19-15(3)23/h4-6,13-14H,7-12H2,1-3H3,(H,19,23)(H,20,24). The summed E-state index contributed by atoms with van der Waals surface area (Å²) in [7, 11) is 0. The Balaban J connectivity index is 1.82. The third-order valence-electron chi connectivity index (χ3n) is 4.12. The Morgan fingerprint density at radius 3 is 2.29 bits per heavy atom. The van der Waals surface area contributed by atoms with Gasteiger partial charge in [0.2, 0.25) is 5.91 Å². The second-order valence-corrected chi connectivity index (χ2v) is 6.70. The van der Waals surface area contributed by atoms with Crippen molar-refractivity contribution in [2.75, 3.05) is 43.4 Å². The molecule has 6 heteroatoms. The quantitative estimate of drug-likeness (QED) is 0.871. The molecule has 24 heavy (non-hydrogen) atoms. The molecule has 0 aliphatic carbocycles. The van der Waals surface area contributed by atoms with Gasteiger partial charge >= 0.3 is 6.03 Å². The molecule has 1 aliphatic rings. The van der Waals surface area contributed by atoms with Crippen LogP contribution in [0.5, 0.6) is 0 Å². The fourth-order valence-electron chi connectivity index (χ4n) is 2.70. The third kappa shape index (κ3) is 5.85. The van der Waals surface area contributed by atoms with E-state index in [-0.39, 0.29) is 11.9 Å². The maximum atomic E-state index is 12.4. The maximum Gasteiger partial charge on any atom is 0.321 e. The van der Waals surface area contributed by atoms with Gasteiger partial charge in [-0.15, -0.1) is 0 Å². The van der Waals surface area contributed by atoms with Crippen molar-refractivity contribution in [2.24, 2.45) is 5.92 Å². The van der Waals surface area contributed by atoms with Gasteiger partial charge in [-0.2, -0.15) is 0 Å². The first-order valence-electron chi connectivity index (χ1n) is 8.60. The van der Waals surface area contributed by atoms with Gasteiger partial charge in [-0.1, -0.05) is 19.9 Å². The predicted molar refractivity (Wildman–Crippen MR) is 97.2 cm³/mol. The van der Waals surface area contributed by atoms with Crippen LogP contribution in [0.25, 0.3) is 0 Å². The molecule has 1 aliphatic heterocycles. The van der Waals surface area contributed by atoms with Crippen molar-refractivity contribution >= 4 is 23.3 Å². The Labute approximate surface area is 144 Å². The summed E-state index contributed by atoms with van der Waals surface area (Å²) in [6.07, 6.45) is 1.20. The second kappa shape index (κ2) is 8.68. The van der Waals surface area contributed by atoms with Crippen molar-refractivity contribution in [2.45, 2.75) is 27.2 Å². The van der Waals surface area contributed by atoms with Crippen LogP contribution in [0.3, 0.4) is 0 Å². The molecule has 2 rings (SSSR count). The monoisotopic (exact) mass is 332 g/mol. The van der Waals surface area contributed by atoms with Crippen LogP contribution in [0.1, 0.15) is 27.2 Å². The van der Waals surface area contributed by atoms with E-state index >= 15 is 0 Å². The number of benzene rings is 1. The highest BCUT2D eigenvalue weighted by Crippen LogP contribution is 2.16. The number of amides is 3. The lowest BCUT2D eigenvalue weighted by Gasteiger charge is -2.35. The fraction of sp³-hybridized carbons (Fsp3) is 0.556. The number of rotatable bonds is 5. The van der Waals surface area contributed by atoms with E-state index in [2.05, 4.69) is 29.4 Å². The summed E-state index contributed by atoms with van der Waals surface area (Å²) in [5.74, 6) is 0.582. The van der Waals surface area contributed by atoms with Gasteiger partial charge in [0.1, 0.15) is 0 Å². The maximum absolute atomic E-state index is 12.4. The Kier molecular flexibility index (Phi) is 6.61. The molecule has 1 fully saturated rings. The number of piperazine rings is 1. The summed E-state index contributed by atoms with van der Waals surface area (Å²) in [4.78, 5) is 27.8. The Morgan fingerprint density at radius 1 is 1.08 bits per heavy atom. The molecule has 1 aromatic rings. The summed E-state index contributed by atoms with van der Waals surface area (Å²) in [5.41, 5.74) is 1.37. The average molecular weight is 332 g/mol. The summed E-state index contributed by atoms with van der Waals surface area (Å²) >= 11 is 0. The van der Waals surface area contributed by atoms with Crippen molar-refractivity contribution < 1.29 is 9.59 Å². The lowest BCUT2D eigenvalue weighted by Crippen LogP contribution is -2.50. The third-order valence-corrected chi connectivity index (χ3v) is 4.12. The molecule has 132 valence electrons. The van der Waals surface area contributed by atoms with Gasteiger partial charge in [0, 0.05) is 44.5 Å². The van der Waals surface area contributed by atoms with Crippen LogP contribution in [-0.2, 0) is 4.79 Å². The molecule has 0 saturated carbocycles. The topological polar surface area (TPSA) is 64.7 Å². The van der Waals surface area contributed by atoms with Gasteiger partial charge in [0.05, 0.1) is 0 Å². The highest BCUT2D eigenvalue weighted by atomic mass is 16.2. The van der Waals surface area contributed by atoms with E-state index in [9.17, 15) is 9.59 Å². The smallest absolute Gasteiger partial charge is 0.321 e. The van der Waals surface area contributed by atoms with Gasteiger partial charge in [0.15, 0.2) is 0 Å². The normalized spacial score (nSPS) is 15.4. The number of carbonyl (C=O) groups excluding carboxylic acids is 2. The molecule has 0 atom stereocenters. The molecular formula is C18H28N4O2. The van der Waals surface area contributed by atoms with Crippen LogP contribution in [0.2, 0.25) is 0 Å². The SMILES string of the molecule is CC(=O)Nc1cccc(NC(=O)N2CCN(CCC(C)C)CC2)c1. The van der Waals surface area contributed by atoms with Crippen molar-refractivity contribution in [1.29, 1.82) is 0 Å². The van der Waals surface area contributed by atoms with E-state index in [1.54, 1.807) is 12.1 Å². The number of nitrogens with one attached hydrogen (secondary N) is 2. The zero-order chi connectivity index (χ0) is 17.5. The number of nitrogens with zero attached hydrogens (tertiary/aromatic N) is 2. The van der Waals surface area contributed by atoms with Gasteiger partial charge in [-0.25, -0.2) is 4.79 Å². The molecular weight excluding hydrogens is 304 g/mol. The van der Waals surface area contributed by atoms with E-state index in [4.69, 9.17) is 0 Å². The second-order valence-electron chi connectivity index (χ2n) is 6.70. The molecule has 0 bridgehead atoms. The van der Waals surface area contributed by atoms with Crippen molar-refractivity contribution in [1.82, 2.24) is 9.80 Å². The van der Waals surface area contributed by atoms with Gasteiger partial charge in [-0.05, 0) is 37.1 Å². The minimum Gasteiger partial charge on any atom is -0.326 e. The van der Waals surface area contributed by atoms with Crippen molar-refractivity contribution in [3.8, 4) is 0 Å². The van der Waals surface area contributed by atoms with Gasteiger partial charge in [-0.3, -0.25) is 9.69 Å².